The molecule has 2 atom stereocenters. The Morgan fingerprint density at radius 1 is 1.48 bits per heavy atom. The Morgan fingerprint density at radius 3 is 3.09 bits per heavy atom. The number of carbonyl (C=O) groups excluding carboxylic acids is 1. The van der Waals surface area contributed by atoms with Gasteiger partial charge in [0.15, 0.2) is 0 Å². The fourth-order valence-electron chi connectivity index (χ4n) is 3.58. The lowest BCUT2D eigenvalue weighted by atomic mass is 9.87. The largest absolute Gasteiger partial charge is 0.396 e. The van der Waals surface area contributed by atoms with E-state index < -0.39 is 0 Å². The van der Waals surface area contributed by atoms with Gasteiger partial charge in [0.2, 0.25) is 0 Å². The van der Waals surface area contributed by atoms with Crippen molar-refractivity contribution in [1.82, 2.24) is 10.3 Å². The Bertz CT molecular complexity index is 705. The summed E-state index contributed by atoms with van der Waals surface area (Å²) in [6, 6.07) is 6.05. The van der Waals surface area contributed by atoms with Crippen LogP contribution in [-0.4, -0.2) is 28.6 Å². The summed E-state index contributed by atoms with van der Waals surface area (Å²) in [4.78, 5) is 16.1. The molecule has 0 saturated heterocycles. The predicted octanol–water partition coefficient (Wildman–Crippen LogP) is 3.18. The lowest BCUT2D eigenvalue weighted by Gasteiger charge is -2.18. The number of carbonyl (C=O) groups is 1. The minimum atomic E-state index is -0.0346. The van der Waals surface area contributed by atoms with Crippen LogP contribution in [0.4, 0.5) is 0 Å². The summed E-state index contributed by atoms with van der Waals surface area (Å²) in [7, 11) is 0. The molecule has 0 aliphatic heterocycles. The zero-order valence-corrected chi connectivity index (χ0v) is 14.0. The molecule has 0 bridgehead atoms. The molecule has 1 aliphatic rings. The SMILES string of the molecule is CC1CCc2[nH]c3c(C(=O)NC(C)CCCO)cccc3c2C1. The zero-order chi connectivity index (χ0) is 16.4. The Hall–Kier alpha value is -1.81. The molecule has 0 fully saturated rings. The van der Waals surface area contributed by atoms with Gasteiger partial charge in [-0.1, -0.05) is 19.1 Å². The van der Waals surface area contributed by atoms with E-state index in [1.165, 1.54) is 23.1 Å². The van der Waals surface area contributed by atoms with Crippen molar-refractivity contribution in [2.24, 2.45) is 5.92 Å². The van der Waals surface area contributed by atoms with Crippen LogP contribution < -0.4 is 5.32 Å². The summed E-state index contributed by atoms with van der Waals surface area (Å²) >= 11 is 0. The number of para-hydroxylation sites is 1. The van der Waals surface area contributed by atoms with Crippen molar-refractivity contribution in [3.63, 3.8) is 0 Å². The number of aliphatic hydroxyl groups is 1. The van der Waals surface area contributed by atoms with Crippen LogP contribution >= 0.6 is 0 Å². The Morgan fingerprint density at radius 2 is 2.30 bits per heavy atom. The highest BCUT2D eigenvalue weighted by Gasteiger charge is 2.22. The lowest BCUT2D eigenvalue weighted by Crippen LogP contribution is -2.32. The summed E-state index contributed by atoms with van der Waals surface area (Å²) in [6.45, 7) is 4.44. The van der Waals surface area contributed by atoms with E-state index in [4.69, 9.17) is 5.11 Å². The normalized spacial score (nSPS) is 18.7. The van der Waals surface area contributed by atoms with Gasteiger partial charge in [-0.15, -0.1) is 0 Å². The number of aromatic amines is 1. The fourth-order valence-corrected chi connectivity index (χ4v) is 3.58. The summed E-state index contributed by atoms with van der Waals surface area (Å²) in [5.74, 6) is 0.671. The number of aliphatic hydroxyl groups excluding tert-OH is 1. The van der Waals surface area contributed by atoms with Crippen LogP contribution in [-0.2, 0) is 12.8 Å². The van der Waals surface area contributed by atoms with E-state index in [2.05, 4.69) is 23.3 Å². The quantitative estimate of drug-likeness (QED) is 0.793. The Labute approximate surface area is 137 Å². The fraction of sp³-hybridized carbons (Fsp3) is 0.526. The smallest absolute Gasteiger partial charge is 0.253 e. The van der Waals surface area contributed by atoms with Crippen LogP contribution in [0.1, 0.15) is 54.7 Å². The van der Waals surface area contributed by atoms with Gasteiger partial charge in [0.05, 0.1) is 11.1 Å². The highest BCUT2D eigenvalue weighted by Crippen LogP contribution is 2.32. The molecule has 2 aromatic rings. The number of fused-ring (bicyclic) bond motifs is 3. The summed E-state index contributed by atoms with van der Waals surface area (Å²) < 4.78 is 0. The molecule has 1 heterocycles. The van der Waals surface area contributed by atoms with E-state index in [9.17, 15) is 4.79 Å². The molecule has 23 heavy (non-hydrogen) atoms. The van der Waals surface area contributed by atoms with Crippen LogP contribution in [0.25, 0.3) is 10.9 Å². The first-order chi connectivity index (χ1) is 11.1. The molecule has 124 valence electrons. The second kappa shape index (κ2) is 6.75. The second-order valence-corrected chi connectivity index (χ2v) is 6.90. The van der Waals surface area contributed by atoms with Gasteiger partial charge in [-0.2, -0.15) is 0 Å². The summed E-state index contributed by atoms with van der Waals surface area (Å²) in [5.41, 5.74) is 4.38. The Balaban J connectivity index is 1.88. The molecule has 2 unspecified atom stereocenters. The van der Waals surface area contributed by atoms with Crippen molar-refractivity contribution < 1.29 is 9.90 Å². The molecule has 3 N–H and O–H groups in total. The molecule has 1 aliphatic carbocycles. The number of aromatic nitrogens is 1. The number of aryl methyl sites for hydroxylation is 1. The lowest BCUT2D eigenvalue weighted by molar-refractivity contribution is 0.0938. The van der Waals surface area contributed by atoms with E-state index in [1.54, 1.807) is 0 Å². The van der Waals surface area contributed by atoms with Gasteiger partial charge in [-0.25, -0.2) is 0 Å². The topological polar surface area (TPSA) is 65.1 Å². The maximum absolute atomic E-state index is 12.6. The molecule has 4 heteroatoms. The zero-order valence-electron chi connectivity index (χ0n) is 14.0. The van der Waals surface area contributed by atoms with Gasteiger partial charge in [0, 0.05) is 23.7 Å². The van der Waals surface area contributed by atoms with Gasteiger partial charge in [0.1, 0.15) is 0 Å². The van der Waals surface area contributed by atoms with Gasteiger partial charge < -0.3 is 15.4 Å². The van der Waals surface area contributed by atoms with Crippen LogP contribution in [0.3, 0.4) is 0 Å². The van der Waals surface area contributed by atoms with Crippen molar-refractivity contribution in [3.8, 4) is 0 Å². The minimum Gasteiger partial charge on any atom is -0.396 e. The standard InChI is InChI=1S/C19H26N2O2/c1-12-8-9-17-16(11-12)14-6-3-7-15(18(14)21-17)19(23)20-13(2)5-4-10-22/h3,6-7,12-13,21-22H,4-5,8-11H2,1-2H3,(H,20,23). The highest BCUT2D eigenvalue weighted by atomic mass is 16.3. The number of hydrogen-bond donors (Lipinski definition) is 3. The minimum absolute atomic E-state index is 0.0346. The second-order valence-electron chi connectivity index (χ2n) is 6.90. The third kappa shape index (κ3) is 3.27. The van der Waals surface area contributed by atoms with Crippen molar-refractivity contribution in [1.29, 1.82) is 0 Å². The maximum Gasteiger partial charge on any atom is 0.253 e. The van der Waals surface area contributed by atoms with Crippen LogP contribution in [0.15, 0.2) is 18.2 Å². The van der Waals surface area contributed by atoms with Crippen LogP contribution in [0, 0.1) is 5.92 Å². The van der Waals surface area contributed by atoms with E-state index in [-0.39, 0.29) is 18.6 Å². The number of nitrogens with one attached hydrogen (secondary N) is 2. The number of benzene rings is 1. The molecule has 1 amide bonds. The van der Waals surface area contributed by atoms with E-state index in [0.29, 0.717) is 12.3 Å². The van der Waals surface area contributed by atoms with Crippen molar-refractivity contribution >= 4 is 16.8 Å². The third-order valence-corrected chi connectivity index (χ3v) is 4.89. The van der Waals surface area contributed by atoms with E-state index >= 15 is 0 Å². The monoisotopic (exact) mass is 314 g/mol. The summed E-state index contributed by atoms with van der Waals surface area (Å²) in [5, 5.41) is 13.1. The predicted molar refractivity (Wildman–Crippen MR) is 92.7 cm³/mol. The number of hydrogen-bond acceptors (Lipinski definition) is 2. The molecular weight excluding hydrogens is 288 g/mol. The molecule has 0 radical (unpaired) electrons. The highest BCUT2D eigenvalue weighted by molar-refractivity contribution is 6.06. The van der Waals surface area contributed by atoms with Gasteiger partial charge >= 0.3 is 0 Å². The van der Waals surface area contributed by atoms with Crippen molar-refractivity contribution in [2.45, 2.75) is 52.0 Å². The van der Waals surface area contributed by atoms with E-state index in [1.807, 2.05) is 19.1 Å². The van der Waals surface area contributed by atoms with Gasteiger partial charge in [-0.3, -0.25) is 4.79 Å². The van der Waals surface area contributed by atoms with Crippen LogP contribution in [0.5, 0.6) is 0 Å². The average molecular weight is 314 g/mol. The van der Waals surface area contributed by atoms with Gasteiger partial charge in [-0.05, 0) is 56.6 Å². The molecule has 1 aromatic carbocycles. The average Bonchev–Trinajstić information content (AvgIpc) is 2.90. The van der Waals surface area contributed by atoms with Crippen LogP contribution in [0.2, 0.25) is 0 Å². The molecule has 0 spiro atoms. The first kappa shape index (κ1) is 16.1. The maximum atomic E-state index is 12.6. The first-order valence-corrected chi connectivity index (χ1v) is 8.64. The Kier molecular flexibility index (Phi) is 4.71. The number of H-pyrrole nitrogens is 1. The molecule has 4 nitrogen and oxygen atoms in total. The molecule has 3 rings (SSSR count). The van der Waals surface area contributed by atoms with Crippen molar-refractivity contribution in [2.75, 3.05) is 6.61 Å². The third-order valence-electron chi connectivity index (χ3n) is 4.89. The summed E-state index contributed by atoms with van der Waals surface area (Å²) in [6.07, 6.45) is 4.86. The van der Waals surface area contributed by atoms with Gasteiger partial charge in [0.25, 0.3) is 5.91 Å². The van der Waals surface area contributed by atoms with Crippen molar-refractivity contribution in [3.05, 3.63) is 35.0 Å². The molecular formula is C19H26N2O2. The number of rotatable bonds is 5. The molecule has 0 saturated carbocycles. The number of amides is 1. The first-order valence-electron chi connectivity index (χ1n) is 8.64. The molecule has 1 aromatic heterocycles. The van der Waals surface area contributed by atoms with E-state index in [0.717, 1.165) is 30.3 Å².